The van der Waals surface area contributed by atoms with Crippen LogP contribution in [0.1, 0.15) is 59.8 Å². The molecule has 2 heterocycles. The van der Waals surface area contributed by atoms with Gasteiger partial charge in [-0.25, -0.2) is 0 Å². The van der Waals surface area contributed by atoms with Gasteiger partial charge in [-0.15, -0.1) is 0 Å². The predicted octanol–water partition coefficient (Wildman–Crippen LogP) is 3.68. The van der Waals surface area contributed by atoms with E-state index in [9.17, 15) is 0 Å². The van der Waals surface area contributed by atoms with E-state index >= 15 is 0 Å². The lowest BCUT2D eigenvalue weighted by atomic mass is 9.85. The first-order chi connectivity index (χ1) is 9.07. The first-order valence-electron chi connectivity index (χ1n) is 8.23. The fraction of sp³-hybridized carbons (Fsp3) is 0.882. The molecule has 1 unspecified atom stereocenters. The Morgan fingerprint density at radius 1 is 0.947 bits per heavy atom. The van der Waals surface area contributed by atoms with E-state index < -0.39 is 0 Å². The minimum absolute atomic E-state index is 0.219. The first kappa shape index (κ1) is 15.1. The molecule has 2 heteroatoms. The highest BCUT2D eigenvalue weighted by Crippen LogP contribution is 2.32. The summed E-state index contributed by atoms with van der Waals surface area (Å²) in [6, 6.07) is 0.601. The van der Waals surface area contributed by atoms with Gasteiger partial charge in [-0.1, -0.05) is 12.5 Å². The van der Waals surface area contributed by atoms with Gasteiger partial charge in [0.05, 0.1) is 0 Å². The maximum Gasteiger partial charge on any atom is 0.0379 e. The van der Waals surface area contributed by atoms with Gasteiger partial charge in [0, 0.05) is 11.6 Å². The molecule has 19 heavy (non-hydrogen) atoms. The lowest BCUT2D eigenvalue weighted by Crippen LogP contribution is -2.52. The maximum atomic E-state index is 2.71. The Labute approximate surface area is 119 Å². The van der Waals surface area contributed by atoms with Crippen LogP contribution < -0.4 is 0 Å². The van der Waals surface area contributed by atoms with Gasteiger partial charge in [-0.05, 0) is 85.1 Å². The zero-order chi connectivity index (χ0) is 13.9. The monoisotopic (exact) mass is 264 g/mol. The van der Waals surface area contributed by atoms with E-state index in [-0.39, 0.29) is 5.54 Å². The molecule has 2 saturated heterocycles. The van der Waals surface area contributed by atoms with E-state index in [2.05, 4.69) is 43.6 Å². The minimum atomic E-state index is 0.219. The second kappa shape index (κ2) is 6.41. The molecule has 0 bridgehead atoms. The highest BCUT2D eigenvalue weighted by atomic mass is 15.2. The Bertz CT molecular complexity index is 307. The topological polar surface area (TPSA) is 6.48 Å². The number of piperidine rings is 1. The van der Waals surface area contributed by atoms with Crippen LogP contribution in [0.25, 0.3) is 0 Å². The molecule has 0 aromatic rings. The molecule has 0 saturated carbocycles. The van der Waals surface area contributed by atoms with Gasteiger partial charge < -0.3 is 0 Å². The fourth-order valence-electron chi connectivity index (χ4n) is 4.07. The van der Waals surface area contributed by atoms with Gasteiger partial charge >= 0.3 is 0 Å². The SMILES string of the molecule is CC=C(C(C)N1CCCC1)C(C)(C)N1CCCCC1. The molecule has 2 aliphatic heterocycles. The van der Waals surface area contributed by atoms with Crippen molar-refractivity contribution < 1.29 is 0 Å². The third-order valence-electron chi connectivity index (χ3n) is 5.30. The molecule has 0 spiro atoms. The van der Waals surface area contributed by atoms with Crippen molar-refractivity contribution in [2.45, 2.75) is 71.4 Å². The molecule has 2 nitrogen and oxygen atoms in total. The third kappa shape index (κ3) is 3.22. The van der Waals surface area contributed by atoms with Crippen LogP contribution in [0.5, 0.6) is 0 Å². The number of hydrogen-bond acceptors (Lipinski definition) is 2. The summed E-state index contributed by atoms with van der Waals surface area (Å²) in [5.74, 6) is 0. The average molecular weight is 264 g/mol. The number of allylic oxidation sites excluding steroid dienone is 1. The summed E-state index contributed by atoms with van der Waals surface area (Å²) >= 11 is 0. The Kier molecular flexibility index (Phi) is 5.08. The molecule has 0 aliphatic carbocycles. The fourth-order valence-corrected chi connectivity index (χ4v) is 4.07. The van der Waals surface area contributed by atoms with E-state index in [1.807, 2.05) is 0 Å². The zero-order valence-corrected chi connectivity index (χ0v) is 13.4. The Balaban J connectivity index is 2.10. The first-order valence-corrected chi connectivity index (χ1v) is 8.23. The Hall–Kier alpha value is -0.340. The Morgan fingerprint density at radius 3 is 2.00 bits per heavy atom. The molecule has 2 aliphatic rings. The molecule has 2 rings (SSSR count). The molecule has 2 fully saturated rings. The van der Waals surface area contributed by atoms with Crippen LogP contribution in [0.3, 0.4) is 0 Å². The Morgan fingerprint density at radius 2 is 1.47 bits per heavy atom. The summed E-state index contributed by atoms with van der Waals surface area (Å²) in [6.45, 7) is 14.6. The van der Waals surface area contributed by atoms with Crippen LogP contribution in [-0.2, 0) is 0 Å². The van der Waals surface area contributed by atoms with Crippen LogP contribution in [0.2, 0.25) is 0 Å². The van der Waals surface area contributed by atoms with Gasteiger partial charge in [-0.2, -0.15) is 0 Å². The van der Waals surface area contributed by atoms with E-state index in [0.717, 1.165) is 0 Å². The predicted molar refractivity (Wildman–Crippen MR) is 83.5 cm³/mol. The molecule has 0 radical (unpaired) electrons. The van der Waals surface area contributed by atoms with Crippen LogP contribution in [0.4, 0.5) is 0 Å². The molecular formula is C17H32N2. The second-order valence-corrected chi connectivity index (χ2v) is 6.77. The summed E-state index contributed by atoms with van der Waals surface area (Å²) in [5.41, 5.74) is 1.84. The van der Waals surface area contributed by atoms with Crippen LogP contribution in [-0.4, -0.2) is 47.6 Å². The average Bonchev–Trinajstić information content (AvgIpc) is 2.94. The van der Waals surface area contributed by atoms with Crippen molar-refractivity contribution >= 4 is 0 Å². The van der Waals surface area contributed by atoms with Crippen molar-refractivity contribution in [3.05, 3.63) is 11.6 Å². The number of rotatable bonds is 4. The van der Waals surface area contributed by atoms with E-state index in [4.69, 9.17) is 0 Å². The molecule has 0 amide bonds. The maximum absolute atomic E-state index is 2.71. The normalized spacial score (nSPS) is 25.8. The van der Waals surface area contributed by atoms with Gasteiger partial charge in [0.1, 0.15) is 0 Å². The van der Waals surface area contributed by atoms with Gasteiger partial charge in [0.25, 0.3) is 0 Å². The largest absolute Gasteiger partial charge is 0.297 e. The third-order valence-corrected chi connectivity index (χ3v) is 5.30. The summed E-state index contributed by atoms with van der Waals surface area (Å²) in [6.07, 6.45) is 9.31. The molecule has 0 N–H and O–H groups in total. The van der Waals surface area contributed by atoms with Crippen molar-refractivity contribution in [3.8, 4) is 0 Å². The van der Waals surface area contributed by atoms with Crippen molar-refractivity contribution in [1.29, 1.82) is 0 Å². The van der Waals surface area contributed by atoms with Crippen molar-refractivity contribution in [3.63, 3.8) is 0 Å². The van der Waals surface area contributed by atoms with Crippen molar-refractivity contribution in [2.75, 3.05) is 26.2 Å². The van der Waals surface area contributed by atoms with Gasteiger partial charge in [0.2, 0.25) is 0 Å². The highest BCUT2D eigenvalue weighted by molar-refractivity contribution is 5.23. The van der Waals surface area contributed by atoms with Crippen molar-refractivity contribution in [1.82, 2.24) is 9.80 Å². The summed E-state index contributed by atoms with van der Waals surface area (Å²) in [7, 11) is 0. The number of likely N-dealkylation sites (tertiary alicyclic amines) is 2. The summed E-state index contributed by atoms with van der Waals surface area (Å²) in [5, 5.41) is 0. The standard InChI is InChI=1S/C17H32N2/c1-5-16(15(2)18-11-9-10-12-18)17(3,4)19-13-7-6-8-14-19/h5,15H,6-14H2,1-4H3. The molecule has 0 aromatic carbocycles. The van der Waals surface area contributed by atoms with Crippen LogP contribution >= 0.6 is 0 Å². The van der Waals surface area contributed by atoms with E-state index in [1.165, 1.54) is 58.3 Å². The summed E-state index contributed by atoms with van der Waals surface area (Å²) in [4.78, 5) is 5.37. The molecule has 110 valence electrons. The molecule has 1 atom stereocenters. The molecular weight excluding hydrogens is 232 g/mol. The number of hydrogen-bond donors (Lipinski definition) is 0. The second-order valence-electron chi connectivity index (χ2n) is 6.77. The lowest BCUT2D eigenvalue weighted by Gasteiger charge is -2.46. The van der Waals surface area contributed by atoms with Gasteiger partial charge in [-0.3, -0.25) is 9.80 Å². The minimum Gasteiger partial charge on any atom is -0.297 e. The smallest absolute Gasteiger partial charge is 0.0379 e. The summed E-state index contributed by atoms with van der Waals surface area (Å²) < 4.78 is 0. The number of nitrogens with zero attached hydrogens (tertiary/aromatic N) is 2. The van der Waals surface area contributed by atoms with Crippen LogP contribution in [0.15, 0.2) is 11.6 Å². The highest BCUT2D eigenvalue weighted by Gasteiger charge is 2.35. The quantitative estimate of drug-likeness (QED) is 0.715. The van der Waals surface area contributed by atoms with E-state index in [0.29, 0.717) is 6.04 Å². The van der Waals surface area contributed by atoms with Crippen molar-refractivity contribution in [2.24, 2.45) is 0 Å². The van der Waals surface area contributed by atoms with E-state index in [1.54, 1.807) is 5.57 Å². The molecule has 0 aromatic heterocycles. The lowest BCUT2D eigenvalue weighted by molar-refractivity contribution is 0.107. The van der Waals surface area contributed by atoms with Crippen LogP contribution in [0, 0.1) is 0 Å². The van der Waals surface area contributed by atoms with Gasteiger partial charge in [0.15, 0.2) is 0 Å². The zero-order valence-electron chi connectivity index (χ0n) is 13.4.